The summed E-state index contributed by atoms with van der Waals surface area (Å²) in [5, 5.41) is 2.70. The molecule has 9 heteroatoms. The molecule has 0 radical (unpaired) electrons. The molecule has 0 spiro atoms. The van der Waals surface area contributed by atoms with E-state index in [9.17, 15) is 9.18 Å². The van der Waals surface area contributed by atoms with Crippen LogP contribution in [0, 0.1) is 5.82 Å². The van der Waals surface area contributed by atoms with Gasteiger partial charge in [0.2, 0.25) is 0 Å². The zero-order valence-electron chi connectivity index (χ0n) is 18.4. The number of fused-ring (bicyclic) bond motifs is 2. The van der Waals surface area contributed by atoms with Crippen LogP contribution in [0.1, 0.15) is 10.4 Å². The minimum absolute atomic E-state index is 0.103. The molecule has 8 nitrogen and oxygen atoms in total. The van der Waals surface area contributed by atoms with Gasteiger partial charge >= 0.3 is 0 Å². The van der Waals surface area contributed by atoms with Crippen molar-refractivity contribution in [2.75, 3.05) is 25.3 Å². The van der Waals surface area contributed by atoms with E-state index < -0.39 is 11.7 Å². The first-order valence-electron chi connectivity index (χ1n) is 10.4. The number of hydrogen-bond donors (Lipinski definition) is 2. The molecular weight excluding hydrogens is 437 g/mol. The molecule has 0 aliphatic carbocycles. The highest BCUT2D eigenvalue weighted by atomic mass is 19.1. The number of carbonyl (C=O) groups is 1. The highest BCUT2D eigenvalue weighted by Crippen LogP contribution is 2.36. The number of nitrogens with one attached hydrogen (secondary N) is 1. The van der Waals surface area contributed by atoms with Crippen LogP contribution in [0.25, 0.3) is 27.9 Å². The van der Waals surface area contributed by atoms with Crippen LogP contribution >= 0.6 is 0 Å². The van der Waals surface area contributed by atoms with E-state index in [1.807, 2.05) is 18.2 Å². The van der Waals surface area contributed by atoms with Crippen LogP contribution in [0.2, 0.25) is 0 Å². The van der Waals surface area contributed by atoms with Crippen LogP contribution in [0.5, 0.6) is 11.5 Å². The average Bonchev–Trinajstić information content (AvgIpc) is 3.12. The molecule has 34 heavy (non-hydrogen) atoms. The maximum absolute atomic E-state index is 13.7. The number of methoxy groups -OCH3 is 2. The third-order valence-electron chi connectivity index (χ3n) is 5.43. The number of benzene rings is 3. The standard InChI is InChI=1S/C25H20FN5O3/c1-33-16-10-11-20(34-2)19(13-16)31-23(27)21(25(32)28-15-7-5-6-14(26)12-15)22-24(31)30-18-9-4-3-8-17(18)29-22/h3-13H,27H2,1-2H3,(H,28,32). The molecule has 5 rings (SSSR count). The summed E-state index contributed by atoms with van der Waals surface area (Å²) >= 11 is 0. The Hall–Kier alpha value is -4.66. The fraction of sp³-hybridized carbons (Fsp3) is 0.0800. The zero-order chi connectivity index (χ0) is 23.8. The van der Waals surface area contributed by atoms with Crippen LogP contribution in [0.15, 0.2) is 66.7 Å². The minimum atomic E-state index is -0.543. The lowest BCUT2D eigenvalue weighted by Gasteiger charge is -2.14. The van der Waals surface area contributed by atoms with Gasteiger partial charge in [0, 0.05) is 11.8 Å². The highest BCUT2D eigenvalue weighted by molar-refractivity contribution is 6.16. The molecule has 0 unspecified atom stereocenters. The third kappa shape index (κ3) is 3.53. The Bertz CT molecular complexity index is 1560. The lowest BCUT2D eigenvalue weighted by molar-refractivity contribution is 0.102. The van der Waals surface area contributed by atoms with Gasteiger partial charge < -0.3 is 20.5 Å². The van der Waals surface area contributed by atoms with Gasteiger partial charge in [-0.15, -0.1) is 0 Å². The molecule has 1 amide bonds. The largest absolute Gasteiger partial charge is 0.497 e. The number of nitrogen functional groups attached to an aromatic ring is 1. The van der Waals surface area contributed by atoms with Gasteiger partial charge in [0.25, 0.3) is 5.91 Å². The van der Waals surface area contributed by atoms with E-state index in [0.717, 1.165) is 0 Å². The molecule has 0 aliphatic heterocycles. The van der Waals surface area contributed by atoms with Gasteiger partial charge in [-0.25, -0.2) is 14.4 Å². The Balaban J connectivity index is 1.79. The van der Waals surface area contributed by atoms with Gasteiger partial charge in [0.05, 0.1) is 30.9 Å². The molecule has 3 N–H and O–H groups in total. The topological polar surface area (TPSA) is 104 Å². The summed E-state index contributed by atoms with van der Waals surface area (Å²) in [6.45, 7) is 0. The summed E-state index contributed by atoms with van der Waals surface area (Å²) in [4.78, 5) is 22.8. The number of ether oxygens (including phenoxy) is 2. The number of carbonyl (C=O) groups excluding carboxylic acids is 1. The van der Waals surface area contributed by atoms with E-state index in [0.29, 0.717) is 39.4 Å². The summed E-state index contributed by atoms with van der Waals surface area (Å²) in [6, 6.07) is 18.1. The number of nitrogens with two attached hydrogens (primary N) is 1. The monoisotopic (exact) mass is 457 g/mol. The van der Waals surface area contributed by atoms with E-state index in [2.05, 4.69) is 5.32 Å². The van der Waals surface area contributed by atoms with Gasteiger partial charge in [-0.05, 0) is 42.5 Å². The van der Waals surface area contributed by atoms with E-state index in [4.69, 9.17) is 25.2 Å². The molecule has 170 valence electrons. The van der Waals surface area contributed by atoms with Crippen LogP contribution in [-0.4, -0.2) is 34.7 Å². The van der Waals surface area contributed by atoms with Gasteiger partial charge in [-0.1, -0.05) is 18.2 Å². The van der Waals surface area contributed by atoms with Gasteiger partial charge in [-0.2, -0.15) is 0 Å². The Morgan fingerprint density at radius 1 is 0.971 bits per heavy atom. The van der Waals surface area contributed by atoms with Crippen LogP contribution in [0.4, 0.5) is 15.9 Å². The lowest BCUT2D eigenvalue weighted by atomic mass is 10.2. The number of amides is 1. The van der Waals surface area contributed by atoms with Crippen LogP contribution in [-0.2, 0) is 0 Å². The highest BCUT2D eigenvalue weighted by Gasteiger charge is 2.26. The maximum atomic E-state index is 13.7. The van der Waals surface area contributed by atoms with Crippen molar-refractivity contribution >= 4 is 39.6 Å². The van der Waals surface area contributed by atoms with Gasteiger partial charge in [-0.3, -0.25) is 9.36 Å². The van der Waals surface area contributed by atoms with E-state index in [1.54, 1.807) is 42.0 Å². The Kier molecular flexibility index (Phi) is 5.21. The summed E-state index contributed by atoms with van der Waals surface area (Å²) in [5.41, 5.74) is 9.39. The van der Waals surface area contributed by atoms with Crippen molar-refractivity contribution in [1.82, 2.24) is 14.5 Å². The van der Waals surface area contributed by atoms with Crippen molar-refractivity contribution in [3.63, 3.8) is 0 Å². The van der Waals surface area contributed by atoms with Crippen molar-refractivity contribution in [2.45, 2.75) is 0 Å². The molecule has 0 bridgehead atoms. The average molecular weight is 457 g/mol. The number of anilines is 2. The second-order valence-electron chi connectivity index (χ2n) is 7.48. The number of aromatic nitrogens is 3. The predicted octanol–water partition coefficient (Wildman–Crippen LogP) is 4.56. The molecule has 3 aromatic carbocycles. The number of para-hydroxylation sites is 2. The van der Waals surface area contributed by atoms with E-state index in [1.165, 1.54) is 25.3 Å². The summed E-state index contributed by atoms with van der Waals surface area (Å²) < 4.78 is 26.2. The molecule has 0 saturated carbocycles. The van der Waals surface area contributed by atoms with Crippen molar-refractivity contribution in [1.29, 1.82) is 0 Å². The van der Waals surface area contributed by atoms with Crippen molar-refractivity contribution in [3.8, 4) is 17.2 Å². The SMILES string of the molecule is COc1ccc(OC)c(-n2c(N)c(C(=O)Nc3cccc(F)c3)c3nc4ccccc4nc32)c1. The second kappa shape index (κ2) is 8.36. The Labute approximate surface area is 193 Å². The Morgan fingerprint density at radius 2 is 1.74 bits per heavy atom. The zero-order valence-corrected chi connectivity index (χ0v) is 18.4. The summed E-state index contributed by atoms with van der Waals surface area (Å²) in [5.74, 6) is 0.150. The minimum Gasteiger partial charge on any atom is -0.497 e. The molecule has 2 heterocycles. The number of rotatable bonds is 5. The quantitative estimate of drug-likeness (QED) is 0.401. The van der Waals surface area contributed by atoms with E-state index >= 15 is 0 Å². The first-order valence-corrected chi connectivity index (χ1v) is 10.4. The molecule has 5 aromatic rings. The predicted molar refractivity (Wildman–Crippen MR) is 128 cm³/mol. The van der Waals surface area contributed by atoms with Crippen LogP contribution < -0.4 is 20.5 Å². The first kappa shape index (κ1) is 21.2. The fourth-order valence-electron chi connectivity index (χ4n) is 3.86. The summed E-state index contributed by atoms with van der Waals surface area (Å²) in [6.07, 6.45) is 0. The first-order chi connectivity index (χ1) is 16.5. The van der Waals surface area contributed by atoms with E-state index in [-0.39, 0.29) is 17.1 Å². The van der Waals surface area contributed by atoms with Crippen molar-refractivity contribution < 1.29 is 18.7 Å². The number of halogens is 1. The van der Waals surface area contributed by atoms with Crippen molar-refractivity contribution in [3.05, 3.63) is 78.1 Å². The number of hydrogen-bond acceptors (Lipinski definition) is 6. The summed E-state index contributed by atoms with van der Waals surface area (Å²) in [7, 11) is 3.08. The molecule has 0 atom stereocenters. The van der Waals surface area contributed by atoms with Gasteiger partial charge in [0.15, 0.2) is 5.65 Å². The molecule has 2 aromatic heterocycles. The molecular formula is C25H20FN5O3. The van der Waals surface area contributed by atoms with Crippen molar-refractivity contribution in [2.24, 2.45) is 0 Å². The normalized spacial score (nSPS) is 11.0. The number of nitrogens with zero attached hydrogens (tertiary/aromatic N) is 3. The van der Waals surface area contributed by atoms with Gasteiger partial charge in [0.1, 0.15) is 34.2 Å². The fourth-order valence-corrected chi connectivity index (χ4v) is 3.86. The molecule has 0 fully saturated rings. The lowest BCUT2D eigenvalue weighted by Crippen LogP contribution is -2.14. The molecule has 0 aliphatic rings. The molecule has 0 saturated heterocycles. The third-order valence-corrected chi connectivity index (χ3v) is 5.43. The Morgan fingerprint density at radius 3 is 2.44 bits per heavy atom. The maximum Gasteiger partial charge on any atom is 0.261 e. The second-order valence-corrected chi connectivity index (χ2v) is 7.48. The smallest absolute Gasteiger partial charge is 0.261 e. The van der Waals surface area contributed by atoms with Crippen LogP contribution in [0.3, 0.4) is 0 Å².